The molecule has 37 heavy (non-hydrogen) atoms. The Labute approximate surface area is 241 Å². The summed E-state index contributed by atoms with van der Waals surface area (Å²) < 4.78 is 1.16. The fourth-order valence-corrected chi connectivity index (χ4v) is 31.3. The van der Waals surface area contributed by atoms with Crippen LogP contribution in [-0.4, -0.2) is 31.8 Å². The molecule has 1 heterocycles. The normalized spacial score (nSPS) is 23.2. The van der Waals surface area contributed by atoms with E-state index in [1.54, 1.807) is 0 Å². The zero-order valence-electron chi connectivity index (χ0n) is 27.8. The fourth-order valence-electron chi connectivity index (χ4n) is 9.98. The zero-order valence-corrected chi connectivity index (χ0v) is 30.7. The van der Waals surface area contributed by atoms with E-state index in [1.165, 1.54) is 128 Å². The predicted molar refractivity (Wildman–Crippen MR) is 180 cm³/mol. The van der Waals surface area contributed by atoms with Gasteiger partial charge in [0.2, 0.25) is 0 Å². The molecule has 0 aliphatic carbocycles. The van der Waals surface area contributed by atoms with Crippen molar-refractivity contribution >= 4 is 31.8 Å². The van der Waals surface area contributed by atoms with Crippen LogP contribution in [0.1, 0.15) is 158 Å². The van der Waals surface area contributed by atoms with Gasteiger partial charge >= 0.3 is 243 Å². The molecule has 1 aliphatic rings. The molecule has 0 aromatic heterocycles. The molecule has 216 valence electrons. The third-order valence-corrected chi connectivity index (χ3v) is 30.5. The molecule has 0 aromatic carbocycles. The maximum absolute atomic E-state index is 2.97. The molecule has 0 saturated heterocycles. The molecule has 0 bridgehead atoms. The SMILES string of the molecule is CCCCCCCCC1=C(CCCCCCCC)[C@@](CC)(B(CC)CC)[Sn]([CH3])([CH3])[C@@]1(CC)B(CC)CC. The Morgan fingerprint density at radius 2 is 0.757 bits per heavy atom. The molecule has 3 heteroatoms. The summed E-state index contributed by atoms with van der Waals surface area (Å²) >= 11 is -2.69. The molecule has 0 N–H and O–H groups in total. The summed E-state index contributed by atoms with van der Waals surface area (Å²) in [6, 6.07) is 0. The van der Waals surface area contributed by atoms with Crippen molar-refractivity contribution in [3.8, 4) is 0 Å². The molecule has 1 rings (SSSR count). The van der Waals surface area contributed by atoms with Crippen molar-refractivity contribution in [2.24, 2.45) is 0 Å². The Balaban J connectivity index is 3.64. The predicted octanol–water partition coefficient (Wildman–Crippen LogP) is 13.0. The van der Waals surface area contributed by atoms with Crippen LogP contribution >= 0.6 is 0 Å². The first kappa shape index (κ1) is 35.7. The number of hydrogen-bond acceptors (Lipinski definition) is 0. The van der Waals surface area contributed by atoms with Gasteiger partial charge in [-0.05, 0) is 0 Å². The number of rotatable bonds is 22. The van der Waals surface area contributed by atoms with Crippen molar-refractivity contribution in [1.29, 1.82) is 0 Å². The van der Waals surface area contributed by atoms with E-state index in [9.17, 15) is 0 Å². The van der Waals surface area contributed by atoms with Crippen LogP contribution in [0.2, 0.25) is 41.8 Å². The van der Waals surface area contributed by atoms with Crippen LogP contribution in [-0.2, 0) is 0 Å². The molecule has 0 saturated carbocycles. The molecule has 0 fully saturated rings. The van der Waals surface area contributed by atoms with Gasteiger partial charge in [-0.15, -0.1) is 0 Å². The fraction of sp³-hybridized carbons (Fsp3) is 0.941. The summed E-state index contributed by atoms with van der Waals surface area (Å²) in [6.45, 7) is 21.9. The summed E-state index contributed by atoms with van der Waals surface area (Å²) in [4.78, 5) is 5.93. The van der Waals surface area contributed by atoms with Crippen LogP contribution in [0.5, 0.6) is 0 Å². The van der Waals surface area contributed by atoms with E-state index in [0.717, 1.165) is 13.4 Å². The van der Waals surface area contributed by atoms with Crippen molar-refractivity contribution in [2.45, 2.75) is 200 Å². The van der Waals surface area contributed by atoms with E-state index in [2.05, 4.69) is 76.4 Å². The Bertz CT molecular complexity index is 582. The minimum absolute atomic E-state index is 0.581. The first-order valence-corrected chi connectivity index (χ1v) is 26.1. The van der Waals surface area contributed by atoms with E-state index >= 15 is 0 Å². The summed E-state index contributed by atoms with van der Waals surface area (Å²) in [5.41, 5.74) is 4.17. The van der Waals surface area contributed by atoms with Crippen molar-refractivity contribution in [2.75, 3.05) is 0 Å². The molecule has 0 aromatic rings. The molecule has 2 atom stereocenters. The Morgan fingerprint density at radius 3 is 1.03 bits per heavy atom. The summed E-state index contributed by atoms with van der Waals surface area (Å²) in [5, 5.41) is 0. The third-order valence-electron chi connectivity index (χ3n) is 11.7. The van der Waals surface area contributed by atoms with Gasteiger partial charge in [0.1, 0.15) is 0 Å². The molecule has 0 spiro atoms. The molecular formula is C34H70B2Sn. The molecule has 0 nitrogen and oxygen atoms in total. The average Bonchev–Trinajstić information content (AvgIpc) is 3.06. The van der Waals surface area contributed by atoms with Gasteiger partial charge in [-0.2, -0.15) is 0 Å². The molecule has 0 radical (unpaired) electrons. The van der Waals surface area contributed by atoms with Crippen molar-refractivity contribution in [3.63, 3.8) is 0 Å². The number of allylic oxidation sites excluding steroid dienone is 2. The number of hydrogen-bond donors (Lipinski definition) is 0. The van der Waals surface area contributed by atoms with Gasteiger partial charge in [-0.25, -0.2) is 0 Å². The van der Waals surface area contributed by atoms with Gasteiger partial charge in [-0.3, -0.25) is 0 Å². The average molecular weight is 619 g/mol. The van der Waals surface area contributed by atoms with Crippen LogP contribution in [0.3, 0.4) is 0 Å². The van der Waals surface area contributed by atoms with Crippen LogP contribution in [0, 0.1) is 0 Å². The second-order valence-corrected chi connectivity index (χ2v) is 27.7. The maximum atomic E-state index is 2.97. The summed E-state index contributed by atoms with van der Waals surface area (Å²) in [5.74, 6) is 0. The van der Waals surface area contributed by atoms with Gasteiger partial charge in [-0.1, -0.05) is 0 Å². The molecule has 0 amide bonds. The molecule has 1 aliphatic heterocycles. The van der Waals surface area contributed by atoms with Crippen LogP contribution in [0.15, 0.2) is 11.1 Å². The van der Waals surface area contributed by atoms with Crippen molar-refractivity contribution in [1.82, 2.24) is 0 Å². The first-order chi connectivity index (χ1) is 17.8. The van der Waals surface area contributed by atoms with E-state index in [4.69, 9.17) is 0 Å². The summed E-state index contributed by atoms with van der Waals surface area (Å²) in [6.07, 6.45) is 28.5. The topological polar surface area (TPSA) is 0 Å². The second kappa shape index (κ2) is 18.2. The van der Waals surface area contributed by atoms with E-state index in [0.29, 0.717) is 6.66 Å². The zero-order chi connectivity index (χ0) is 28.0. The van der Waals surface area contributed by atoms with E-state index < -0.39 is 18.4 Å². The second-order valence-electron chi connectivity index (χ2n) is 13.3. The first-order valence-electron chi connectivity index (χ1n) is 17.5. The quantitative estimate of drug-likeness (QED) is 0.0643. The Morgan fingerprint density at radius 1 is 0.459 bits per heavy atom. The van der Waals surface area contributed by atoms with Gasteiger partial charge in [0.05, 0.1) is 0 Å². The van der Waals surface area contributed by atoms with E-state index in [-0.39, 0.29) is 0 Å². The monoisotopic (exact) mass is 620 g/mol. The molecular weight excluding hydrogens is 549 g/mol. The minimum atomic E-state index is -2.69. The third kappa shape index (κ3) is 7.50. The van der Waals surface area contributed by atoms with Gasteiger partial charge in [0.25, 0.3) is 0 Å². The Hall–Kier alpha value is 0.669. The summed E-state index contributed by atoms with van der Waals surface area (Å²) in [7, 11) is 0. The Kier molecular flexibility index (Phi) is 17.5. The van der Waals surface area contributed by atoms with E-state index in [1.807, 2.05) is 0 Å². The van der Waals surface area contributed by atoms with Crippen molar-refractivity contribution < 1.29 is 0 Å². The van der Waals surface area contributed by atoms with Gasteiger partial charge < -0.3 is 0 Å². The van der Waals surface area contributed by atoms with Gasteiger partial charge in [0, 0.05) is 0 Å². The van der Waals surface area contributed by atoms with Crippen LogP contribution in [0.25, 0.3) is 0 Å². The van der Waals surface area contributed by atoms with Crippen LogP contribution < -0.4 is 0 Å². The number of unbranched alkanes of at least 4 members (excludes halogenated alkanes) is 10. The van der Waals surface area contributed by atoms with Crippen LogP contribution in [0.4, 0.5) is 0 Å². The standard InChI is InChI=1S/C32H64B2.2CH3.Sn/c1-9-17-19-21-23-25-27-29(31(11-3)33(13-5)14-6)30(28-26-24-22-20-18-10-2)32(12-4)34(15-7)16-8;;;/h9-28H2,1-8H3;2*1H3;. The van der Waals surface area contributed by atoms with Crippen molar-refractivity contribution in [3.05, 3.63) is 11.1 Å². The van der Waals surface area contributed by atoms with Gasteiger partial charge in [0.15, 0.2) is 0 Å². The molecule has 0 unspecified atom stereocenters.